The number of aromatic carboxylic acids is 1. The van der Waals surface area contributed by atoms with E-state index in [2.05, 4.69) is 4.90 Å². The largest absolute Gasteiger partial charge is 0.478 e. The number of hydrogen-bond acceptors (Lipinski definition) is 4. The Morgan fingerprint density at radius 1 is 1.56 bits per heavy atom. The Kier molecular flexibility index (Phi) is 4.38. The molecule has 0 spiro atoms. The van der Waals surface area contributed by atoms with Gasteiger partial charge in [0.15, 0.2) is 0 Å². The van der Waals surface area contributed by atoms with E-state index in [4.69, 9.17) is 14.6 Å². The van der Waals surface area contributed by atoms with E-state index in [1.807, 2.05) is 0 Å². The van der Waals surface area contributed by atoms with Crippen molar-refractivity contribution < 1.29 is 19.4 Å². The maximum Gasteiger partial charge on any atom is 0.338 e. The van der Waals surface area contributed by atoms with Crippen LogP contribution in [0.5, 0.6) is 0 Å². The molecule has 0 saturated carbocycles. The third-order valence-corrected chi connectivity index (χ3v) is 3.42. The molecule has 0 radical (unpaired) electrons. The predicted octanol–water partition coefficient (Wildman–Crippen LogP) is 1.57. The predicted molar refractivity (Wildman–Crippen MR) is 65.4 cm³/mol. The maximum atomic E-state index is 10.7. The standard InChI is InChI=1S/C13H19NO4/c15-5-3-10-2-1-4-14(7-10)8-12-6-11(9-18-12)13(16)17/h6,9-10,15H,1-5,7-8H2,(H,16,17). The SMILES string of the molecule is O=C(O)c1coc(CN2CCCC(CCO)C2)c1. The summed E-state index contributed by atoms with van der Waals surface area (Å²) in [6, 6.07) is 1.58. The van der Waals surface area contributed by atoms with Gasteiger partial charge in [-0.1, -0.05) is 0 Å². The molecule has 1 aromatic heterocycles. The Balaban J connectivity index is 1.89. The highest BCUT2D eigenvalue weighted by Gasteiger charge is 2.20. The Morgan fingerprint density at radius 3 is 3.06 bits per heavy atom. The third-order valence-electron chi connectivity index (χ3n) is 3.42. The summed E-state index contributed by atoms with van der Waals surface area (Å²) in [6.45, 7) is 2.84. The summed E-state index contributed by atoms with van der Waals surface area (Å²) in [7, 11) is 0. The fourth-order valence-electron chi connectivity index (χ4n) is 2.51. The van der Waals surface area contributed by atoms with Gasteiger partial charge in [-0.25, -0.2) is 4.79 Å². The number of rotatable bonds is 5. The van der Waals surface area contributed by atoms with Gasteiger partial charge in [0.2, 0.25) is 0 Å². The average Bonchev–Trinajstić information content (AvgIpc) is 2.78. The molecule has 2 rings (SSSR count). The molecule has 0 aromatic carbocycles. The van der Waals surface area contributed by atoms with Crippen LogP contribution in [0.15, 0.2) is 16.7 Å². The number of carbonyl (C=O) groups is 1. The first-order chi connectivity index (χ1) is 8.69. The summed E-state index contributed by atoms with van der Waals surface area (Å²) >= 11 is 0. The summed E-state index contributed by atoms with van der Waals surface area (Å²) in [5, 5.41) is 17.8. The first-order valence-electron chi connectivity index (χ1n) is 6.33. The molecular formula is C13H19NO4. The molecule has 1 aliphatic heterocycles. The Bertz CT molecular complexity index is 399. The second kappa shape index (κ2) is 6.02. The molecule has 2 heterocycles. The molecule has 1 fully saturated rings. The summed E-state index contributed by atoms with van der Waals surface area (Å²) in [6.07, 6.45) is 4.41. The van der Waals surface area contributed by atoms with Crippen molar-refractivity contribution in [2.24, 2.45) is 5.92 Å². The van der Waals surface area contributed by atoms with E-state index >= 15 is 0 Å². The molecule has 1 saturated heterocycles. The molecule has 1 aliphatic rings. The van der Waals surface area contributed by atoms with Crippen LogP contribution in [0.1, 0.15) is 35.4 Å². The lowest BCUT2D eigenvalue weighted by atomic mass is 9.95. The summed E-state index contributed by atoms with van der Waals surface area (Å²) in [5.41, 5.74) is 0.203. The maximum absolute atomic E-state index is 10.7. The molecule has 100 valence electrons. The monoisotopic (exact) mass is 253 g/mol. The van der Waals surface area contributed by atoms with Gasteiger partial charge in [-0.05, 0) is 37.8 Å². The van der Waals surface area contributed by atoms with Crippen LogP contribution in [0, 0.1) is 5.92 Å². The van der Waals surface area contributed by atoms with E-state index in [0.717, 1.165) is 32.4 Å². The Labute approximate surface area is 106 Å². The molecule has 0 bridgehead atoms. The lowest BCUT2D eigenvalue weighted by Crippen LogP contribution is -2.35. The van der Waals surface area contributed by atoms with E-state index in [-0.39, 0.29) is 12.2 Å². The van der Waals surface area contributed by atoms with Crippen molar-refractivity contribution in [3.05, 3.63) is 23.7 Å². The van der Waals surface area contributed by atoms with Crippen LogP contribution < -0.4 is 0 Å². The molecule has 0 amide bonds. The zero-order chi connectivity index (χ0) is 13.0. The van der Waals surface area contributed by atoms with Gasteiger partial charge < -0.3 is 14.6 Å². The number of aliphatic hydroxyl groups is 1. The zero-order valence-corrected chi connectivity index (χ0v) is 10.3. The quantitative estimate of drug-likeness (QED) is 0.833. The second-order valence-corrected chi connectivity index (χ2v) is 4.86. The van der Waals surface area contributed by atoms with E-state index in [0.29, 0.717) is 18.2 Å². The number of aliphatic hydroxyl groups excluding tert-OH is 1. The van der Waals surface area contributed by atoms with Gasteiger partial charge in [0.05, 0.1) is 12.1 Å². The van der Waals surface area contributed by atoms with Gasteiger partial charge in [-0.3, -0.25) is 4.90 Å². The lowest BCUT2D eigenvalue weighted by Gasteiger charge is -2.31. The molecule has 5 nitrogen and oxygen atoms in total. The van der Waals surface area contributed by atoms with Crippen molar-refractivity contribution in [3.8, 4) is 0 Å². The second-order valence-electron chi connectivity index (χ2n) is 4.86. The van der Waals surface area contributed by atoms with Gasteiger partial charge in [-0.15, -0.1) is 0 Å². The number of piperidine rings is 1. The zero-order valence-electron chi connectivity index (χ0n) is 10.3. The lowest BCUT2D eigenvalue weighted by molar-refractivity contribution is 0.0696. The average molecular weight is 253 g/mol. The summed E-state index contributed by atoms with van der Waals surface area (Å²) in [5.74, 6) is 0.275. The first-order valence-corrected chi connectivity index (χ1v) is 6.33. The third kappa shape index (κ3) is 3.34. The summed E-state index contributed by atoms with van der Waals surface area (Å²) < 4.78 is 5.25. The van der Waals surface area contributed by atoms with Crippen LogP contribution in [0.25, 0.3) is 0 Å². The van der Waals surface area contributed by atoms with E-state index < -0.39 is 5.97 Å². The molecule has 5 heteroatoms. The van der Waals surface area contributed by atoms with Gasteiger partial charge >= 0.3 is 5.97 Å². The molecule has 0 aliphatic carbocycles. The number of hydrogen-bond donors (Lipinski definition) is 2. The smallest absolute Gasteiger partial charge is 0.338 e. The fraction of sp³-hybridized carbons (Fsp3) is 0.615. The minimum absolute atomic E-state index is 0.203. The van der Waals surface area contributed by atoms with Gasteiger partial charge in [0.25, 0.3) is 0 Å². The number of carboxylic acid groups (broad SMARTS) is 1. The molecule has 1 atom stereocenters. The van der Waals surface area contributed by atoms with Crippen molar-refractivity contribution in [1.29, 1.82) is 0 Å². The van der Waals surface area contributed by atoms with Crippen LogP contribution in [0.4, 0.5) is 0 Å². The van der Waals surface area contributed by atoms with Crippen molar-refractivity contribution in [1.82, 2.24) is 4.90 Å². The molecular weight excluding hydrogens is 234 g/mol. The van der Waals surface area contributed by atoms with Gasteiger partial charge in [-0.2, -0.15) is 0 Å². The Morgan fingerprint density at radius 2 is 2.39 bits per heavy atom. The highest BCUT2D eigenvalue weighted by molar-refractivity contribution is 5.87. The number of furan rings is 1. The fourth-order valence-corrected chi connectivity index (χ4v) is 2.51. The van der Waals surface area contributed by atoms with Crippen molar-refractivity contribution in [3.63, 3.8) is 0 Å². The number of likely N-dealkylation sites (tertiary alicyclic amines) is 1. The summed E-state index contributed by atoms with van der Waals surface area (Å²) in [4.78, 5) is 13.0. The topological polar surface area (TPSA) is 73.9 Å². The number of nitrogens with zero attached hydrogens (tertiary/aromatic N) is 1. The molecule has 1 aromatic rings. The molecule has 18 heavy (non-hydrogen) atoms. The van der Waals surface area contributed by atoms with Gasteiger partial charge in [0, 0.05) is 13.2 Å². The van der Waals surface area contributed by atoms with Crippen LogP contribution >= 0.6 is 0 Å². The normalized spacial score (nSPS) is 21.1. The van der Waals surface area contributed by atoms with E-state index in [1.165, 1.54) is 6.26 Å². The van der Waals surface area contributed by atoms with Crippen LogP contribution in [0.3, 0.4) is 0 Å². The number of carboxylic acids is 1. The van der Waals surface area contributed by atoms with E-state index in [1.54, 1.807) is 6.07 Å². The molecule has 2 N–H and O–H groups in total. The minimum atomic E-state index is -0.957. The van der Waals surface area contributed by atoms with Crippen LogP contribution in [-0.4, -0.2) is 40.8 Å². The van der Waals surface area contributed by atoms with Crippen LogP contribution in [0.2, 0.25) is 0 Å². The molecule has 1 unspecified atom stereocenters. The van der Waals surface area contributed by atoms with Crippen molar-refractivity contribution >= 4 is 5.97 Å². The minimum Gasteiger partial charge on any atom is -0.478 e. The highest BCUT2D eigenvalue weighted by Crippen LogP contribution is 2.21. The highest BCUT2D eigenvalue weighted by atomic mass is 16.4. The van der Waals surface area contributed by atoms with Gasteiger partial charge in [0.1, 0.15) is 12.0 Å². The van der Waals surface area contributed by atoms with E-state index in [9.17, 15) is 4.79 Å². The van der Waals surface area contributed by atoms with Crippen molar-refractivity contribution in [2.45, 2.75) is 25.8 Å². The first kappa shape index (κ1) is 13.1. The Hall–Kier alpha value is -1.33. The van der Waals surface area contributed by atoms with Crippen molar-refractivity contribution in [2.75, 3.05) is 19.7 Å². The van der Waals surface area contributed by atoms with Crippen LogP contribution in [-0.2, 0) is 6.54 Å².